The van der Waals surface area contributed by atoms with Crippen LogP contribution in [0.2, 0.25) is 0 Å². The lowest BCUT2D eigenvalue weighted by molar-refractivity contribution is -0.132. The predicted molar refractivity (Wildman–Crippen MR) is 82.0 cm³/mol. The van der Waals surface area contributed by atoms with E-state index >= 15 is 0 Å². The summed E-state index contributed by atoms with van der Waals surface area (Å²) in [6.07, 6.45) is 0. The van der Waals surface area contributed by atoms with Crippen LogP contribution in [0.1, 0.15) is 39.3 Å². The molecule has 1 N–H and O–H groups in total. The largest absolute Gasteiger partial charge is 0.484 e. The molecule has 0 fully saturated rings. The number of amides is 1. The Morgan fingerprint density at radius 2 is 2.00 bits per heavy atom. The molecule has 4 heteroatoms. The average molecular weight is 278 g/mol. The Morgan fingerprint density at radius 3 is 2.60 bits per heavy atom. The SMILES string of the molecule is CCNC(C)c1cccc(OCC(=O)N(CC)CC)c1. The maximum atomic E-state index is 11.9. The second kappa shape index (κ2) is 8.59. The highest BCUT2D eigenvalue weighted by Crippen LogP contribution is 2.19. The highest BCUT2D eigenvalue weighted by atomic mass is 16.5. The quantitative estimate of drug-likeness (QED) is 0.794. The Kier molecular flexibility index (Phi) is 7.09. The molecular weight excluding hydrogens is 252 g/mol. The average Bonchev–Trinajstić information content (AvgIpc) is 2.47. The highest BCUT2D eigenvalue weighted by molar-refractivity contribution is 5.77. The van der Waals surface area contributed by atoms with Crippen molar-refractivity contribution in [1.29, 1.82) is 0 Å². The van der Waals surface area contributed by atoms with Gasteiger partial charge in [-0.2, -0.15) is 0 Å². The van der Waals surface area contributed by atoms with Crippen LogP contribution in [0.25, 0.3) is 0 Å². The van der Waals surface area contributed by atoms with Crippen molar-refractivity contribution in [1.82, 2.24) is 10.2 Å². The Balaban J connectivity index is 2.60. The van der Waals surface area contributed by atoms with Crippen molar-refractivity contribution >= 4 is 5.91 Å². The van der Waals surface area contributed by atoms with E-state index in [9.17, 15) is 4.79 Å². The normalized spacial score (nSPS) is 12.0. The summed E-state index contributed by atoms with van der Waals surface area (Å²) in [6, 6.07) is 8.18. The summed E-state index contributed by atoms with van der Waals surface area (Å²) in [5.41, 5.74) is 1.17. The maximum absolute atomic E-state index is 11.9. The summed E-state index contributed by atoms with van der Waals surface area (Å²) >= 11 is 0. The second-order valence-electron chi connectivity index (χ2n) is 4.71. The lowest BCUT2D eigenvalue weighted by Crippen LogP contribution is -2.34. The fourth-order valence-corrected chi connectivity index (χ4v) is 2.11. The number of hydrogen-bond acceptors (Lipinski definition) is 3. The van der Waals surface area contributed by atoms with E-state index in [1.807, 2.05) is 32.0 Å². The summed E-state index contributed by atoms with van der Waals surface area (Å²) in [5, 5.41) is 3.36. The van der Waals surface area contributed by atoms with Gasteiger partial charge >= 0.3 is 0 Å². The standard InChI is InChI=1S/C16H26N2O2/c1-5-17-13(4)14-9-8-10-15(11-14)20-12-16(19)18(6-2)7-3/h8-11,13,17H,5-7,12H2,1-4H3. The van der Waals surface area contributed by atoms with Gasteiger partial charge in [0.1, 0.15) is 5.75 Å². The molecule has 1 unspecified atom stereocenters. The van der Waals surface area contributed by atoms with Crippen molar-refractivity contribution in [3.8, 4) is 5.75 Å². The fourth-order valence-electron chi connectivity index (χ4n) is 2.11. The van der Waals surface area contributed by atoms with E-state index in [0.717, 1.165) is 25.4 Å². The number of rotatable bonds is 8. The number of ether oxygens (including phenoxy) is 1. The molecule has 0 aromatic heterocycles. The van der Waals surface area contributed by atoms with Crippen molar-refractivity contribution in [2.75, 3.05) is 26.2 Å². The van der Waals surface area contributed by atoms with Gasteiger partial charge in [-0.05, 0) is 45.0 Å². The highest BCUT2D eigenvalue weighted by Gasteiger charge is 2.11. The first-order valence-electron chi connectivity index (χ1n) is 7.36. The first-order chi connectivity index (χ1) is 9.62. The number of nitrogens with one attached hydrogen (secondary N) is 1. The summed E-state index contributed by atoms with van der Waals surface area (Å²) in [5.74, 6) is 0.771. The Hall–Kier alpha value is -1.55. The number of carbonyl (C=O) groups is 1. The van der Waals surface area contributed by atoms with Crippen molar-refractivity contribution in [3.05, 3.63) is 29.8 Å². The van der Waals surface area contributed by atoms with Gasteiger partial charge in [0.2, 0.25) is 0 Å². The van der Waals surface area contributed by atoms with Gasteiger partial charge in [0.15, 0.2) is 6.61 Å². The second-order valence-corrected chi connectivity index (χ2v) is 4.71. The van der Waals surface area contributed by atoms with Crippen LogP contribution in [-0.2, 0) is 4.79 Å². The van der Waals surface area contributed by atoms with E-state index in [0.29, 0.717) is 0 Å². The van der Waals surface area contributed by atoms with Gasteiger partial charge in [-0.3, -0.25) is 4.79 Å². The monoisotopic (exact) mass is 278 g/mol. The molecule has 1 aromatic rings. The molecule has 0 aliphatic rings. The van der Waals surface area contributed by atoms with Crippen LogP contribution in [0, 0.1) is 0 Å². The van der Waals surface area contributed by atoms with Gasteiger partial charge in [-0.25, -0.2) is 0 Å². The first kappa shape index (κ1) is 16.5. The molecule has 0 heterocycles. The predicted octanol–water partition coefficient (Wildman–Crippen LogP) is 2.60. The summed E-state index contributed by atoms with van der Waals surface area (Å²) in [6.45, 7) is 10.6. The van der Waals surface area contributed by atoms with E-state index in [-0.39, 0.29) is 18.6 Å². The fraction of sp³-hybridized carbons (Fsp3) is 0.562. The van der Waals surface area contributed by atoms with Crippen molar-refractivity contribution < 1.29 is 9.53 Å². The molecule has 20 heavy (non-hydrogen) atoms. The smallest absolute Gasteiger partial charge is 0.260 e. The third-order valence-corrected chi connectivity index (χ3v) is 3.35. The van der Waals surface area contributed by atoms with Crippen LogP contribution in [0.15, 0.2) is 24.3 Å². The zero-order valence-electron chi connectivity index (χ0n) is 13.0. The van der Waals surface area contributed by atoms with Crippen LogP contribution >= 0.6 is 0 Å². The van der Waals surface area contributed by atoms with Gasteiger partial charge in [0.05, 0.1) is 0 Å². The molecule has 0 radical (unpaired) electrons. The van der Waals surface area contributed by atoms with E-state index < -0.39 is 0 Å². The van der Waals surface area contributed by atoms with Crippen LogP contribution in [0.5, 0.6) is 5.75 Å². The minimum absolute atomic E-state index is 0.0279. The summed E-state index contributed by atoms with van der Waals surface area (Å²) < 4.78 is 5.60. The van der Waals surface area contributed by atoms with E-state index in [1.165, 1.54) is 5.56 Å². The molecule has 1 amide bonds. The number of nitrogens with zero attached hydrogens (tertiary/aromatic N) is 1. The van der Waals surface area contributed by atoms with Gasteiger partial charge in [-0.15, -0.1) is 0 Å². The lowest BCUT2D eigenvalue weighted by atomic mass is 10.1. The number of carbonyl (C=O) groups excluding carboxylic acids is 1. The molecule has 1 aromatic carbocycles. The van der Waals surface area contributed by atoms with Crippen LogP contribution in [0.4, 0.5) is 0 Å². The van der Waals surface area contributed by atoms with Crippen LogP contribution in [-0.4, -0.2) is 37.0 Å². The van der Waals surface area contributed by atoms with E-state index in [2.05, 4.69) is 25.2 Å². The third kappa shape index (κ3) is 4.85. The minimum atomic E-state index is 0.0279. The van der Waals surface area contributed by atoms with Crippen molar-refractivity contribution in [3.63, 3.8) is 0 Å². The molecule has 0 saturated heterocycles. The molecule has 0 aliphatic carbocycles. The first-order valence-corrected chi connectivity index (χ1v) is 7.36. The summed E-state index contributed by atoms with van der Waals surface area (Å²) in [4.78, 5) is 13.7. The number of hydrogen-bond donors (Lipinski definition) is 1. The molecule has 0 saturated carbocycles. The molecule has 4 nitrogen and oxygen atoms in total. The lowest BCUT2D eigenvalue weighted by Gasteiger charge is -2.19. The van der Waals surface area contributed by atoms with Gasteiger partial charge in [0, 0.05) is 19.1 Å². The Bertz CT molecular complexity index is 417. The van der Waals surface area contributed by atoms with Crippen molar-refractivity contribution in [2.45, 2.75) is 33.7 Å². The maximum Gasteiger partial charge on any atom is 0.260 e. The Labute approximate surface area is 122 Å². The Morgan fingerprint density at radius 1 is 1.30 bits per heavy atom. The number of likely N-dealkylation sites (N-methyl/N-ethyl adjacent to an activating group) is 1. The van der Waals surface area contributed by atoms with Gasteiger partial charge in [0.25, 0.3) is 5.91 Å². The van der Waals surface area contributed by atoms with Crippen molar-refractivity contribution in [2.24, 2.45) is 0 Å². The summed E-state index contributed by atoms with van der Waals surface area (Å²) in [7, 11) is 0. The number of benzene rings is 1. The minimum Gasteiger partial charge on any atom is -0.484 e. The van der Waals surface area contributed by atoms with E-state index in [1.54, 1.807) is 4.90 Å². The topological polar surface area (TPSA) is 41.6 Å². The molecule has 1 rings (SSSR count). The zero-order chi connectivity index (χ0) is 15.0. The molecule has 0 aliphatic heterocycles. The third-order valence-electron chi connectivity index (χ3n) is 3.35. The molecule has 112 valence electrons. The molecule has 0 bridgehead atoms. The molecule has 1 atom stereocenters. The van der Waals surface area contributed by atoms with Crippen LogP contribution < -0.4 is 10.1 Å². The van der Waals surface area contributed by atoms with Gasteiger partial charge in [-0.1, -0.05) is 19.1 Å². The van der Waals surface area contributed by atoms with E-state index in [4.69, 9.17) is 4.74 Å². The molecular formula is C16H26N2O2. The zero-order valence-corrected chi connectivity index (χ0v) is 13.0. The van der Waals surface area contributed by atoms with Crippen LogP contribution in [0.3, 0.4) is 0 Å². The van der Waals surface area contributed by atoms with Gasteiger partial charge < -0.3 is 15.0 Å². The molecule has 0 spiro atoms.